The van der Waals surface area contributed by atoms with Crippen LogP contribution in [-0.2, 0) is 5.92 Å². The minimum absolute atomic E-state index is 0.102. The van der Waals surface area contributed by atoms with E-state index in [0.717, 1.165) is 12.1 Å². The van der Waals surface area contributed by atoms with Crippen LogP contribution in [0.25, 0.3) is 0 Å². The van der Waals surface area contributed by atoms with Gasteiger partial charge in [-0.05, 0) is 36.4 Å². The van der Waals surface area contributed by atoms with Crippen molar-refractivity contribution < 1.29 is 49.8 Å². The SMILES string of the molecule is CC.O[C@H](CN(Oc1cccc(C(F)(F)C(F)(F)F)c1)c1cccc(Oc2ccccc2)c1)C(F)(F)F. The van der Waals surface area contributed by atoms with Gasteiger partial charge in [-0.1, -0.05) is 50.2 Å². The molecule has 1 atom stereocenters. The second-order valence-electron chi connectivity index (χ2n) is 7.22. The van der Waals surface area contributed by atoms with Crippen LogP contribution < -0.4 is 14.6 Å². The molecule has 12 heteroatoms. The van der Waals surface area contributed by atoms with Crippen LogP contribution in [0.4, 0.5) is 40.8 Å². The molecule has 0 heterocycles. The number of alkyl halides is 8. The lowest BCUT2D eigenvalue weighted by Gasteiger charge is -2.28. The second kappa shape index (κ2) is 12.1. The van der Waals surface area contributed by atoms with Crippen LogP contribution in [0, 0.1) is 0 Å². The minimum Gasteiger partial charge on any atom is -0.457 e. The lowest BCUT2D eigenvalue weighted by Crippen LogP contribution is -2.42. The summed E-state index contributed by atoms with van der Waals surface area (Å²) in [5.41, 5.74) is -1.57. The van der Waals surface area contributed by atoms with Crippen molar-refractivity contribution >= 4 is 5.69 Å². The Morgan fingerprint density at radius 1 is 0.730 bits per heavy atom. The summed E-state index contributed by atoms with van der Waals surface area (Å²) in [6.45, 7) is 2.78. The number of ether oxygens (including phenoxy) is 1. The van der Waals surface area contributed by atoms with Crippen LogP contribution in [0.3, 0.4) is 0 Å². The zero-order valence-electron chi connectivity index (χ0n) is 19.5. The summed E-state index contributed by atoms with van der Waals surface area (Å²) in [6, 6.07) is 16.3. The molecule has 0 saturated heterocycles. The van der Waals surface area contributed by atoms with Gasteiger partial charge in [0.2, 0.25) is 0 Å². The third-order valence-corrected chi connectivity index (χ3v) is 4.57. The van der Waals surface area contributed by atoms with Crippen molar-refractivity contribution in [3.8, 4) is 17.2 Å². The Morgan fingerprint density at radius 3 is 1.89 bits per heavy atom. The van der Waals surface area contributed by atoms with E-state index in [1.54, 1.807) is 30.3 Å². The molecule has 0 fully saturated rings. The van der Waals surface area contributed by atoms with E-state index in [1.165, 1.54) is 24.3 Å². The number of aliphatic hydroxyl groups is 1. The normalized spacial score (nSPS) is 12.7. The molecular formula is C25H23F8NO3. The lowest BCUT2D eigenvalue weighted by molar-refractivity contribution is -0.289. The molecule has 0 aliphatic carbocycles. The van der Waals surface area contributed by atoms with Crippen molar-refractivity contribution in [3.63, 3.8) is 0 Å². The van der Waals surface area contributed by atoms with Crippen LogP contribution in [0.1, 0.15) is 19.4 Å². The van der Waals surface area contributed by atoms with Crippen LogP contribution >= 0.6 is 0 Å². The van der Waals surface area contributed by atoms with E-state index in [1.807, 2.05) is 13.8 Å². The molecule has 0 bridgehead atoms. The molecule has 0 amide bonds. The number of para-hydroxylation sites is 1. The van der Waals surface area contributed by atoms with E-state index in [0.29, 0.717) is 22.9 Å². The average molecular weight is 537 g/mol. The number of benzene rings is 3. The number of aliphatic hydroxyl groups excluding tert-OH is 1. The molecule has 0 aliphatic rings. The predicted octanol–water partition coefficient (Wildman–Crippen LogP) is 7.88. The molecule has 0 aromatic heterocycles. The number of rotatable bonds is 8. The number of hydroxylamine groups is 1. The largest absolute Gasteiger partial charge is 0.458 e. The molecule has 0 saturated carbocycles. The highest BCUT2D eigenvalue weighted by Crippen LogP contribution is 2.44. The molecule has 4 nitrogen and oxygen atoms in total. The maximum absolute atomic E-state index is 13.7. The first-order valence-corrected chi connectivity index (χ1v) is 10.9. The molecule has 3 rings (SSSR count). The topological polar surface area (TPSA) is 41.9 Å². The van der Waals surface area contributed by atoms with Crippen LogP contribution in [0.5, 0.6) is 17.2 Å². The summed E-state index contributed by atoms with van der Waals surface area (Å²) in [5, 5.41) is 10.1. The summed E-state index contributed by atoms with van der Waals surface area (Å²) >= 11 is 0. The molecule has 0 radical (unpaired) electrons. The van der Waals surface area contributed by atoms with Crippen LogP contribution in [0.2, 0.25) is 0 Å². The van der Waals surface area contributed by atoms with Gasteiger partial charge in [0.1, 0.15) is 11.5 Å². The van der Waals surface area contributed by atoms with E-state index < -0.39 is 42.2 Å². The Hall–Kier alpha value is -3.54. The zero-order chi connectivity index (χ0) is 27.9. The van der Waals surface area contributed by atoms with Gasteiger partial charge in [-0.3, -0.25) is 0 Å². The van der Waals surface area contributed by atoms with Crippen LogP contribution in [-0.4, -0.2) is 30.1 Å². The maximum Gasteiger partial charge on any atom is 0.458 e. The zero-order valence-corrected chi connectivity index (χ0v) is 19.5. The average Bonchev–Trinajstić information content (AvgIpc) is 2.84. The molecule has 0 aliphatic heterocycles. The van der Waals surface area contributed by atoms with E-state index in [9.17, 15) is 40.2 Å². The molecule has 0 spiro atoms. The van der Waals surface area contributed by atoms with Crippen molar-refractivity contribution in [3.05, 3.63) is 84.4 Å². The van der Waals surface area contributed by atoms with Crippen molar-refractivity contribution in [2.45, 2.75) is 38.2 Å². The van der Waals surface area contributed by atoms with Gasteiger partial charge in [0, 0.05) is 11.6 Å². The van der Waals surface area contributed by atoms with Crippen LogP contribution in [0.15, 0.2) is 78.9 Å². The fourth-order valence-electron chi connectivity index (χ4n) is 2.82. The Morgan fingerprint density at radius 2 is 1.30 bits per heavy atom. The first-order chi connectivity index (χ1) is 17.3. The molecule has 202 valence electrons. The minimum atomic E-state index is -5.90. The van der Waals surface area contributed by atoms with Gasteiger partial charge in [0.05, 0.1) is 12.2 Å². The molecule has 0 unspecified atom stereocenters. The fourth-order valence-corrected chi connectivity index (χ4v) is 2.82. The predicted molar refractivity (Wildman–Crippen MR) is 121 cm³/mol. The quantitative estimate of drug-likeness (QED) is 0.235. The Labute approximate surface area is 207 Å². The number of hydrogen-bond acceptors (Lipinski definition) is 4. The summed E-state index contributed by atoms with van der Waals surface area (Å²) < 4.78 is 110. The molecular weight excluding hydrogens is 514 g/mol. The van der Waals surface area contributed by atoms with Gasteiger partial charge in [-0.25, -0.2) is 5.06 Å². The third kappa shape index (κ3) is 7.97. The Kier molecular flexibility index (Phi) is 9.73. The monoisotopic (exact) mass is 537 g/mol. The number of nitrogens with zero attached hydrogens (tertiary/aromatic N) is 1. The molecule has 37 heavy (non-hydrogen) atoms. The Balaban J connectivity index is 0.00000235. The second-order valence-corrected chi connectivity index (χ2v) is 7.22. The molecule has 3 aromatic rings. The Bertz CT molecular complexity index is 1120. The summed E-state index contributed by atoms with van der Waals surface area (Å²) in [7, 11) is 0. The van der Waals surface area contributed by atoms with Gasteiger partial charge >= 0.3 is 18.3 Å². The van der Waals surface area contributed by atoms with Gasteiger partial charge in [0.15, 0.2) is 11.9 Å². The number of halogens is 8. The first-order valence-electron chi connectivity index (χ1n) is 10.9. The van der Waals surface area contributed by atoms with Gasteiger partial charge < -0.3 is 14.7 Å². The summed E-state index contributed by atoms with van der Waals surface area (Å²) in [4.78, 5) is 5.24. The van der Waals surface area contributed by atoms with E-state index in [4.69, 9.17) is 9.57 Å². The van der Waals surface area contributed by atoms with Crippen molar-refractivity contribution in [2.75, 3.05) is 11.6 Å². The van der Waals surface area contributed by atoms with Crippen molar-refractivity contribution in [1.82, 2.24) is 0 Å². The summed E-state index contributed by atoms with van der Waals surface area (Å²) in [6.07, 6.45) is -13.9. The highest BCUT2D eigenvalue weighted by molar-refractivity contribution is 5.51. The van der Waals surface area contributed by atoms with E-state index in [2.05, 4.69) is 0 Å². The highest BCUT2D eigenvalue weighted by atomic mass is 19.4. The molecule has 3 aromatic carbocycles. The maximum atomic E-state index is 13.7. The highest BCUT2D eigenvalue weighted by Gasteiger charge is 2.58. The van der Waals surface area contributed by atoms with E-state index in [-0.39, 0.29) is 11.4 Å². The standard InChI is InChI=1S/C23H17F8NO3.C2H6/c24-21(25,23(29,30)31)15-6-4-11-19(12-15)35-32(14-20(33)22(26,27)28)16-7-5-10-18(13-16)34-17-8-2-1-3-9-17;1-2/h1-13,20,33H,14H2;1-2H3/t20-;/m1./s1. The first kappa shape index (κ1) is 29.7. The van der Waals surface area contributed by atoms with Gasteiger partial charge in [0.25, 0.3) is 0 Å². The lowest BCUT2D eigenvalue weighted by atomic mass is 10.1. The number of anilines is 1. The van der Waals surface area contributed by atoms with E-state index >= 15 is 0 Å². The van der Waals surface area contributed by atoms with Crippen molar-refractivity contribution in [1.29, 1.82) is 0 Å². The van der Waals surface area contributed by atoms with Gasteiger partial charge in [-0.15, -0.1) is 0 Å². The fraction of sp³-hybridized carbons (Fsp3) is 0.280. The third-order valence-electron chi connectivity index (χ3n) is 4.57. The van der Waals surface area contributed by atoms with Gasteiger partial charge in [-0.2, -0.15) is 35.1 Å². The smallest absolute Gasteiger partial charge is 0.457 e. The van der Waals surface area contributed by atoms with Crippen molar-refractivity contribution in [2.24, 2.45) is 0 Å². The summed E-state index contributed by atoms with van der Waals surface area (Å²) in [5.74, 6) is -5.29. The molecule has 1 N–H and O–H groups in total. The number of hydrogen-bond donors (Lipinski definition) is 1.